The molecule has 21 heavy (non-hydrogen) atoms. The third kappa shape index (κ3) is 3.81. The summed E-state index contributed by atoms with van der Waals surface area (Å²) < 4.78 is 0. The van der Waals surface area contributed by atoms with Crippen LogP contribution in [0.4, 0.5) is 5.69 Å². The van der Waals surface area contributed by atoms with Gasteiger partial charge in [-0.15, -0.1) is 0 Å². The summed E-state index contributed by atoms with van der Waals surface area (Å²) in [5.74, 6) is -0.00476. The maximum Gasteiger partial charge on any atom is 0.256 e. The first-order chi connectivity index (χ1) is 10.1. The van der Waals surface area contributed by atoms with Crippen LogP contribution in [0.25, 0.3) is 0 Å². The highest BCUT2D eigenvalue weighted by molar-refractivity contribution is 5.99. The quantitative estimate of drug-likeness (QED) is 0.917. The zero-order valence-corrected chi connectivity index (χ0v) is 12.8. The van der Waals surface area contributed by atoms with Gasteiger partial charge in [0.05, 0.1) is 17.4 Å². The van der Waals surface area contributed by atoms with E-state index in [9.17, 15) is 4.79 Å². The largest absolute Gasteiger partial charge is 0.383 e. The van der Waals surface area contributed by atoms with Gasteiger partial charge in [0.25, 0.3) is 5.91 Å². The second-order valence-corrected chi connectivity index (χ2v) is 5.10. The van der Waals surface area contributed by atoms with Crippen LogP contribution in [0.5, 0.6) is 0 Å². The Labute approximate surface area is 125 Å². The van der Waals surface area contributed by atoms with E-state index in [1.165, 1.54) is 5.56 Å². The van der Waals surface area contributed by atoms with Gasteiger partial charge in [-0.3, -0.25) is 9.78 Å². The lowest BCUT2D eigenvalue weighted by Gasteiger charge is -2.19. The topological polar surface area (TPSA) is 45.2 Å². The Morgan fingerprint density at radius 3 is 2.86 bits per heavy atom. The molecule has 0 aliphatic rings. The smallest absolute Gasteiger partial charge is 0.256 e. The number of nitrogens with zero attached hydrogens (tertiary/aromatic N) is 2. The maximum absolute atomic E-state index is 12.6. The normalized spacial score (nSPS) is 10.2. The summed E-state index contributed by atoms with van der Waals surface area (Å²) in [7, 11) is 1.82. The Bertz CT molecular complexity index is 625. The van der Waals surface area contributed by atoms with Gasteiger partial charge in [-0.1, -0.05) is 29.8 Å². The van der Waals surface area contributed by atoms with Crippen molar-refractivity contribution in [3.8, 4) is 0 Å². The predicted octanol–water partition coefficient (Wildman–Crippen LogP) is 3.09. The fourth-order valence-electron chi connectivity index (χ4n) is 2.27. The van der Waals surface area contributed by atoms with Crippen LogP contribution in [0.15, 0.2) is 42.7 Å². The van der Waals surface area contributed by atoms with Gasteiger partial charge < -0.3 is 10.2 Å². The molecule has 4 nitrogen and oxygen atoms in total. The molecule has 0 fully saturated rings. The SMILES string of the molecule is CCNc1cnccc1C(=O)N(C)Cc1cccc(C)c1. The van der Waals surface area contributed by atoms with Crippen LogP contribution in [-0.2, 0) is 6.54 Å². The second kappa shape index (κ2) is 6.88. The molecule has 0 spiro atoms. The standard InChI is InChI=1S/C17H21N3O/c1-4-19-16-11-18-9-8-15(16)17(21)20(3)12-14-7-5-6-13(2)10-14/h5-11,19H,4,12H2,1-3H3. The lowest BCUT2D eigenvalue weighted by Crippen LogP contribution is -2.27. The number of nitrogens with one attached hydrogen (secondary N) is 1. The van der Waals surface area contributed by atoms with Crippen molar-refractivity contribution in [3.05, 3.63) is 59.4 Å². The van der Waals surface area contributed by atoms with Crippen LogP contribution >= 0.6 is 0 Å². The Balaban J connectivity index is 2.16. The van der Waals surface area contributed by atoms with Crippen LogP contribution in [-0.4, -0.2) is 29.4 Å². The number of aryl methyl sites for hydroxylation is 1. The van der Waals surface area contributed by atoms with Crippen molar-refractivity contribution < 1.29 is 4.79 Å². The van der Waals surface area contributed by atoms with Gasteiger partial charge in [-0.25, -0.2) is 0 Å². The van der Waals surface area contributed by atoms with Crippen molar-refractivity contribution in [1.82, 2.24) is 9.88 Å². The summed E-state index contributed by atoms with van der Waals surface area (Å²) in [6, 6.07) is 9.96. The van der Waals surface area contributed by atoms with E-state index >= 15 is 0 Å². The second-order valence-electron chi connectivity index (χ2n) is 5.10. The molecular weight excluding hydrogens is 262 g/mol. The van der Waals surface area contributed by atoms with Crippen LogP contribution in [0.3, 0.4) is 0 Å². The Morgan fingerprint density at radius 2 is 2.14 bits per heavy atom. The van der Waals surface area contributed by atoms with Gasteiger partial charge in [0, 0.05) is 26.3 Å². The molecule has 1 N–H and O–H groups in total. The van der Waals surface area contributed by atoms with Gasteiger partial charge >= 0.3 is 0 Å². The van der Waals surface area contributed by atoms with Crippen LogP contribution < -0.4 is 5.32 Å². The van der Waals surface area contributed by atoms with E-state index < -0.39 is 0 Å². The minimum Gasteiger partial charge on any atom is -0.383 e. The van der Waals surface area contributed by atoms with E-state index in [-0.39, 0.29) is 5.91 Å². The molecule has 1 amide bonds. The minimum absolute atomic E-state index is 0.00476. The summed E-state index contributed by atoms with van der Waals surface area (Å²) in [4.78, 5) is 18.4. The monoisotopic (exact) mass is 283 g/mol. The number of carbonyl (C=O) groups is 1. The highest BCUT2D eigenvalue weighted by atomic mass is 16.2. The van der Waals surface area contributed by atoms with E-state index in [2.05, 4.69) is 29.4 Å². The van der Waals surface area contributed by atoms with E-state index in [0.717, 1.165) is 17.8 Å². The van der Waals surface area contributed by atoms with Crippen molar-refractivity contribution in [3.63, 3.8) is 0 Å². The van der Waals surface area contributed by atoms with Crippen molar-refractivity contribution in [2.45, 2.75) is 20.4 Å². The van der Waals surface area contributed by atoms with Crippen LogP contribution in [0, 0.1) is 6.92 Å². The van der Waals surface area contributed by atoms with Gasteiger partial charge in [0.2, 0.25) is 0 Å². The molecule has 2 rings (SSSR count). The van der Waals surface area contributed by atoms with Crippen LogP contribution in [0.1, 0.15) is 28.4 Å². The molecule has 0 unspecified atom stereocenters. The fourth-order valence-corrected chi connectivity index (χ4v) is 2.27. The molecule has 1 aromatic carbocycles. The molecule has 110 valence electrons. The first kappa shape index (κ1) is 15.0. The number of carbonyl (C=O) groups excluding carboxylic acids is 1. The number of hydrogen-bond acceptors (Lipinski definition) is 3. The summed E-state index contributed by atoms with van der Waals surface area (Å²) in [6.45, 7) is 5.40. The fraction of sp³-hybridized carbons (Fsp3) is 0.294. The maximum atomic E-state index is 12.6. The number of hydrogen-bond donors (Lipinski definition) is 1. The predicted molar refractivity (Wildman–Crippen MR) is 85.4 cm³/mol. The number of aromatic nitrogens is 1. The zero-order chi connectivity index (χ0) is 15.2. The van der Waals surface area contributed by atoms with E-state index in [1.807, 2.05) is 26.1 Å². The number of pyridine rings is 1. The van der Waals surface area contributed by atoms with Crippen molar-refractivity contribution in [2.24, 2.45) is 0 Å². The molecule has 0 radical (unpaired) electrons. The van der Waals surface area contributed by atoms with Crippen molar-refractivity contribution in [1.29, 1.82) is 0 Å². The average Bonchev–Trinajstić information content (AvgIpc) is 2.47. The first-order valence-corrected chi connectivity index (χ1v) is 7.10. The molecular formula is C17H21N3O. The molecule has 0 bridgehead atoms. The van der Waals surface area contributed by atoms with Gasteiger partial charge in [-0.05, 0) is 25.5 Å². The molecule has 0 aliphatic carbocycles. The molecule has 0 aliphatic heterocycles. The van der Waals surface area contributed by atoms with E-state index in [0.29, 0.717) is 12.1 Å². The number of amides is 1. The average molecular weight is 283 g/mol. The third-order valence-electron chi connectivity index (χ3n) is 3.27. The summed E-state index contributed by atoms with van der Waals surface area (Å²) >= 11 is 0. The van der Waals surface area contributed by atoms with E-state index in [4.69, 9.17) is 0 Å². The molecule has 1 aromatic heterocycles. The third-order valence-corrected chi connectivity index (χ3v) is 3.27. The highest BCUT2D eigenvalue weighted by Crippen LogP contribution is 2.16. The molecule has 1 heterocycles. The molecule has 4 heteroatoms. The summed E-state index contributed by atoms with van der Waals surface area (Å²) in [5.41, 5.74) is 3.76. The Hall–Kier alpha value is -2.36. The minimum atomic E-state index is -0.00476. The first-order valence-electron chi connectivity index (χ1n) is 7.10. The number of rotatable bonds is 5. The lowest BCUT2D eigenvalue weighted by molar-refractivity contribution is 0.0786. The molecule has 2 aromatic rings. The summed E-state index contributed by atoms with van der Waals surface area (Å²) in [6.07, 6.45) is 3.34. The van der Waals surface area contributed by atoms with Gasteiger partial charge in [-0.2, -0.15) is 0 Å². The molecule has 0 atom stereocenters. The lowest BCUT2D eigenvalue weighted by atomic mass is 10.1. The van der Waals surface area contributed by atoms with Crippen LogP contribution in [0.2, 0.25) is 0 Å². The number of anilines is 1. The number of benzene rings is 1. The highest BCUT2D eigenvalue weighted by Gasteiger charge is 2.15. The van der Waals surface area contributed by atoms with Gasteiger partial charge in [0.1, 0.15) is 0 Å². The molecule has 0 saturated carbocycles. The molecule has 0 saturated heterocycles. The van der Waals surface area contributed by atoms with Crippen molar-refractivity contribution >= 4 is 11.6 Å². The van der Waals surface area contributed by atoms with Gasteiger partial charge in [0.15, 0.2) is 0 Å². The Morgan fingerprint density at radius 1 is 1.33 bits per heavy atom. The zero-order valence-electron chi connectivity index (χ0n) is 12.8. The van der Waals surface area contributed by atoms with Crippen molar-refractivity contribution in [2.75, 3.05) is 18.9 Å². The Kier molecular flexibility index (Phi) is 4.93. The van der Waals surface area contributed by atoms with E-state index in [1.54, 1.807) is 23.4 Å². The summed E-state index contributed by atoms with van der Waals surface area (Å²) in [5, 5.41) is 3.17.